The van der Waals surface area contributed by atoms with Crippen molar-refractivity contribution in [2.45, 2.75) is 10.3 Å². The molecule has 33 heavy (non-hydrogen) atoms. The highest BCUT2D eigenvalue weighted by atomic mass is 32.2. The lowest BCUT2D eigenvalue weighted by Crippen LogP contribution is -2.08. The number of aromatic nitrogens is 1. The van der Waals surface area contributed by atoms with Gasteiger partial charge in [0.15, 0.2) is 0 Å². The lowest BCUT2D eigenvalue weighted by atomic mass is 9.99. The van der Waals surface area contributed by atoms with Gasteiger partial charge >= 0.3 is 0 Å². The average Bonchev–Trinajstić information content (AvgIpc) is 2.88. The molecule has 3 aromatic carbocycles. The van der Waals surface area contributed by atoms with E-state index < -0.39 is 5.25 Å². The number of amidine groups is 1. The van der Waals surface area contributed by atoms with Gasteiger partial charge in [-0.15, -0.1) is 0 Å². The highest BCUT2D eigenvalue weighted by molar-refractivity contribution is 8.00. The molecule has 6 nitrogen and oxygen atoms in total. The van der Waals surface area contributed by atoms with E-state index >= 15 is 0 Å². The van der Waals surface area contributed by atoms with Gasteiger partial charge in [0.2, 0.25) is 0 Å². The van der Waals surface area contributed by atoms with Gasteiger partial charge in [-0.2, -0.15) is 5.26 Å². The Morgan fingerprint density at radius 1 is 0.909 bits per heavy atom. The Morgan fingerprint density at radius 3 is 2.06 bits per heavy atom. The summed E-state index contributed by atoms with van der Waals surface area (Å²) in [4.78, 5) is 4.83. The van der Waals surface area contributed by atoms with Crippen molar-refractivity contribution in [3.63, 3.8) is 0 Å². The number of hydrogen-bond donors (Lipinski definition) is 2. The Kier molecular flexibility index (Phi) is 6.88. The van der Waals surface area contributed by atoms with Crippen LogP contribution in [0.3, 0.4) is 0 Å². The summed E-state index contributed by atoms with van der Waals surface area (Å²) in [7, 11) is 0. The maximum atomic E-state index is 10.1. The summed E-state index contributed by atoms with van der Waals surface area (Å²) in [5.41, 5.74) is 15.3. The molecule has 0 amide bonds. The van der Waals surface area contributed by atoms with E-state index in [1.807, 2.05) is 97.1 Å². The summed E-state index contributed by atoms with van der Waals surface area (Å²) < 4.78 is 0. The van der Waals surface area contributed by atoms with Gasteiger partial charge in [-0.1, -0.05) is 103 Å². The molecule has 0 bridgehead atoms. The number of nitrogens with zero attached hydrogens (tertiary/aromatic N) is 4. The monoisotopic (exact) mass is 447 g/mol. The summed E-state index contributed by atoms with van der Waals surface area (Å²) in [5.74, 6) is -0.0849. The summed E-state index contributed by atoms with van der Waals surface area (Å²) in [6.45, 7) is 0. The van der Waals surface area contributed by atoms with E-state index in [4.69, 9.17) is 15.9 Å². The van der Waals surface area contributed by atoms with Crippen molar-refractivity contribution in [1.82, 2.24) is 4.98 Å². The van der Waals surface area contributed by atoms with Crippen LogP contribution >= 0.6 is 11.8 Å². The molecule has 1 atom stereocenters. The van der Waals surface area contributed by atoms with Crippen molar-refractivity contribution in [3.8, 4) is 28.5 Å². The van der Waals surface area contributed by atoms with Crippen molar-refractivity contribution < 1.29 is 0 Å². The molecule has 0 saturated heterocycles. The lowest BCUT2D eigenvalue weighted by molar-refractivity contribution is 1.08. The van der Waals surface area contributed by atoms with Crippen molar-refractivity contribution in [3.05, 3.63) is 114 Å². The summed E-state index contributed by atoms with van der Waals surface area (Å²) in [6.07, 6.45) is 0. The van der Waals surface area contributed by atoms with Gasteiger partial charge in [0, 0.05) is 17.0 Å². The third-order valence-electron chi connectivity index (χ3n) is 4.99. The maximum Gasteiger partial charge on any atom is 0.116 e. The smallest absolute Gasteiger partial charge is 0.116 e. The van der Waals surface area contributed by atoms with Gasteiger partial charge < -0.3 is 10.9 Å². The second-order valence-corrected chi connectivity index (χ2v) is 8.17. The third-order valence-corrected chi connectivity index (χ3v) is 6.24. The Morgan fingerprint density at radius 2 is 1.48 bits per heavy atom. The maximum absolute atomic E-state index is 10.1. The van der Waals surface area contributed by atoms with E-state index in [0.29, 0.717) is 10.6 Å². The lowest BCUT2D eigenvalue weighted by Gasteiger charge is -2.22. The number of pyridine rings is 1. The van der Waals surface area contributed by atoms with E-state index in [1.165, 1.54) is 11.8 Å². The molecule has 7 heteroatoms. The summed E-state index contributed by atoms with van der Waals surface area (Å²) in [6, 6.07) is 33.2. The second-order valence-electron chi connectivity index (χ2n) is 7.07. The fourth-order valence-electron chi connectivity index (χ4n) is 3.44. The van der Waals surface area contributed by atoms with Crippen LogP contribution in [-0.2, 0) is 0 Å². The number of hydrogen-bond acceptors (Lipinski definition) is 6. The van der Waals surface area contributed by atoms with Crippen molar-refractivity contribution in [2.24, 2.45) is 5.22 Å². The Bertz CT molecular complexity index is 1300. The van der Waals surface area contributed by atoms with Gasteiger partial charge in [0.25, 0.3) is 0 Å². The number of nitrogens with one attached hydrogen (secondary N) is 2. The molecule has 4 rings (SSSR count). The molecule has 160 valence electrons. The van der Waals surface area contributed by atoms with Crippen LogP contribution in [0, 0.1) is 22.3 Å². The van der Waals surface area contributed by atoms with Crippen LogP contribution in [-0.4, -0.2) is 10.8 Å². The van der Waals surface area contributed by atoms with E-state index in [9.17, 15) is 5.26 Å². The van der Waals surface area contributed by atoms with Crippen LogP contribution in [0.5, 0.6) is 0 Å². The van der Waals surface area contributed by atoms with Crippen LogP contribution in [0.2, 0.25) is 0 Å². The molecular formula is C26H19N6S-. The molecule has 0 radical (unpaired) electrons. The van der Waals surface area contributed by atoms with Crippen molar-refractivity contribution >= 4 is 17.6 Å². The minimum atomic E-state index is -0.574. The summed E-state index contributed by atoms with van der Waals surface area (Å²) >= 11 is 1.26. The van der Waals surface area contributed by atoms with Crippen LogP contribution in [0.4, 0.5) is 0 Å². The number of benzene rings is 3. The molecule has 0 aliphatic rings. The van der Waals surface area contributed by atoms with E-state index in [1.54, 1.807) is 0 Å². The highest BCUT2D eigenvalue weighted by Gasteiger charge is 2.22. The first-order chi connectivity index (χ1) is 16.2. The molecule has 0 spiro atoms. The number of thioether (sulfide) groups is 1. The average molecular weight is 448 g/mol. The first-order valence-electron chi connectivity index (χ1n) is 10.1. The molecule has 1 aromatic heterocycles. The first kappa shape index (κ1) is 21.9. The number of nitriles is 1. The van der Waals surface area contributed by atoms with Crippen LogP contribution in [0.15, 0.2) is 107 Å². The van der Waals surface area contributed by atoms with Gasteiger partial charge in [-0.05, 0) is 17.2 Å². The standard InChI is InChI=1S/C26H19N6S/c27-17-22-21(18-10-4-1-5-11-18)16-23(19-12-6-2-7-13-19)30-26(22)33-24(25(28)31-32-29)20-14-8-3-9-15-20/h1-16,24H,(H2-,28,29,31)/q-1. The van der Waals surface area contributed by atoms with Crippen LogP contribution < -0.4 is 0 Å². The normalized spacial score (nSPS) is 11.2. The first-order valence-corrected chi connectivity index (χ1v) is 11.0. The molecule has 1 unspecified atom stereocenters. The largest absolute Gasteiger partial charge is 0.414 e. The molecule has 1 heterocycles. The van der Waals surface area contributed by atoms with Crippen molar-refractivity contribution in [2.75, 3.05) is 0 Å². The minimum Gasteiger partial charge on any atom is -0.414 e. The quantitative estimate of drug-likeness (QED) is 0.101. The molecular weight excluding hydrogens is 428 g/mol. The zero-order valence-corrected chi connectivity index (χ0v) is 18.3. The fourth-order valence-corrected chi connectivity index (χ4v) is 4.54. The second kappa shape index (κ2) is 10.4. The molecule has 0 aliphatic carbocycles. The molecule has 4 aromatic rings. The zero-order valence-electron chi connectivity index (χ0n) is 17.5. The fraction of sp³-hybridized carbons (Fsp3) is 0.0385. The van der Waals surface area contributed by atoms with Gasteiger partial charge in [0.05, 0.1) is 16.5 Å². The Balaban J connectivity index is 1.89. The highest BCUT2D eigenvalue weighted by Crippen LogP contribution is 2.41. The molecule has 0 fully saturated rings. The molecule has 2 N–H and O–H groups in total. The number of rotatable bonds is 7. The van der Waals surface area contributed by atoms with E-state index in [2.05, 4.69) is 16.7 Å². The van der Waals surface area contributed by atoms with E-state index in [0.717, 1.165) is 27.9 Å². The van der Waals surface area contributed by atoms with Crippen LogP contribution in [0.25, 0.3) is 27.8 Å². The molecule has 0 saturated carbocycles. The van der Waals surface area contributed by atoms with Gasteiger partial charge in [0.1, 0.15) is 11.1 Å². The van der Waals surface area contributed by atoms with Gasteiger partial charge in [-0.25, -0.2) is 10.2 Å². The molecule has 0 aliphatic heterocycles. The topological polar surface area (TPSA) is 111 Å². The summed E-state index contributed by atoms with van der Waals surface area (Å²) in [5, 5.41) is 21.5. The Labute approximate surface area is 196 Å². The SMILES string of the molecule is N#Cc1c(-c2ccccc2)cc(-c2ccccc2)nc1SC(C(=N)[N-]N=N)c1ccccc1. The zero-order chi connectivity index (χ0) is 23.0. The van der Waals surface area contributed by atoms with Crippen LogP contribution in [0.1, 0.15) is 16.4 Å². The third kappa shape index (κ3) is 4.97. The van der Waals surface area contributed by atoms with Crippen molar-refractivity contribution in [1.29, 1.82) is 16.2 Å². The van der Waals surface area contributed by atoms with Gasteiger partial charge in [-0.3, -0.25) is 5.43 Å². The predicted molar refractivity (Wildman–Crippen MR) is 131 cm³/mol. The Hall–Kier alpha value is -4.28. The van der Waals surface area contributed by atoms with E-state index in [-0.39, 0.29) is 5.84 Å². The predicted octanol–water partition coefficient (Wildman–Crippen LogP) is 7.42. The minimum absolute atomic E-state index is 0.0849.